The Hall–Kier alpha value is -2.69. The first kappa shape index (κ1) is 16.2. The molecule has 1 amide bonds. The zero-order valence-electron chi connectivity index (χ0n) is 13.8. The Morgan fingerprint density at radius 2 is 2.00 bits per heavy atom. The molecule has 1 atom stereocenters. The van der Waals surface area contributed by atoms with Gasteiger partial charge in [-0.25, -0.2) is 4.79 Å². The van der Waals surface area contributed by atoms with Crippen LogP contribution in [-0.2, 0) is 4.79 Å². The smallest absolute Gasteiger partial charge is 0.329 e. The summed E-state index contributed by atoms with van der Waals surface area (Å²) in [5.74, 6) is -1.18. The van der Waals surface area contributed by atoms with Gasteiger partial charge in [-0.3, -0.25) is 9.78 Å². The molecule has 5 nitrogen and oxygen atoms in total. The Labute approximate surface area is 140 Å². The van der Waals surface area contributed by atoms with Gasteiger partial charge in [0.05, 0.1) is 5.69 Å². The predicted octanol–water partition coefficient (Wildman–Crippen LogP) is 3.14. The molecule has 1 N–H and O–H groups in total. The predicted molar refractivity (Wildman–Crippen MR) is 90.7 cm³/mol. The maximum Gasteiger partial charge on any atom is 0.329 e. The first-order valence-electron chi connectivity index (χ1n) is 8.01. The maximum atomic E-state index is 13.0. The molecule has 2 heterocycles. The Morgan fingerprint density at radius 1 is 1.21 bits per heavy atom. The number of hydrogen-bond acceptors (Lipinski definition) is 3. The molecule has 1 fully saturated rings. The summed E-state index contributed by atoms with van der Waals surface area (Å²) >= 11 is 0. The van der Waals surface area contributed by atoms with Crippen LogP contribution in [0.15, 0.2) is 42.6 Å². The molecule has 0 saturated carbocycles. The van der Waals surface area contributed by atoms with Gasteiger partial charge < -0.3 is 10.0 Å². The second-order valence-corrected chi connectivity index (χ2v) is 6.33. The zero-order valence-corrected chi connectivity index (χ0v) is 13.8. The molecule has 1 aromatic heterocycles. The number of hydrogen-bond donors (Lipinski definition) is 1. The summed E-state index contributed by atoms with van der Waals surface area (Å²) < 4.78 is 0. The normalized spacial score (nSPS) is 20.2. The van der Waals surface area contributed by atoms with Crippen LogP contribution < -0.4 is 0 Å². The van der Waals surface area contributed by atoms with Crippen LogP contribution in [0.3, 0.4) is 0 Å². The topological polar surface area (TPSA) is 70.5 Å². The second-order valence-electron chi connectivity index (χ2n) is 6.33. The van der Waals surface area contributed by atoms with Gasteiger partial charge in [0, 0.05) is 23.9 Å². The van der Waals surface area contributed by atoms with Crippen LogP contribution in [0, 0.1) is 6.92 Å². The number of carbonyl (C=O) groups is 2. The Kier molecular flexibility index (Phi) is 4.09. The number of nitrogens with zero attached hydrogens (tertiary/aromatic N) is 2. The molecule has 3 rings (SSSR count). The summed E-state index contributed by atoms with van der Waals surface area (Å²) in [6, 6.07) is 11.1. The van der Waals surface area contributed by atoms with E-state index in [4.69, 9.17) is 0 Å². The SMILES string of the molecule is Cc1c(C(=O)N2CCCC2(C)C(=O)O)cccc1-c1ccccn1. The molecule has 2 aromatic rings. The van der Waals surface area contributed by atoms with Crippen molar-refractivity contribution >= 4 is 11.9 Å². The van der Waals surface area contributed by atoms with Gasteiger partial charge in [0.15, 0.2) is 0 Å². The fourth-order valence-corrected chi connectivity index (χ4v) is 3.32. The Balaban J connectivity index is 2.01. The van der Waals surface area contributed by atoms with Crippen molar-refractivity contribution in [1.29, 1.82) is 0 Å². The van der Waals surface area contributed by atoms with E-state index >= 15 is 0 Å². The van der Waals surface area contributed by atoms with E-state index < -0.39 is 11.5 Å². The third-order valence-corrected chi connectivity index (χ3v) is 4.85. The number of carboxylic acids is 1. The van der Waals surface area contributed by atoms with Crippen molar-refractivity contribution in [2.24, 2.45) is 0 Å². The van der Waals surface area contributed by atoms with E-state index in [2.05, 4.69) is 4.98 Å². The first-order chi connectivity index (χ1) is 11.4. The minimum Gasteiger partial charge on any atom is -0.480 e. The monoisotopic (exact) mass is 324 g/mol. The van der Waals surface area contributed by atoms with Crippen LogP contribution in [0.2, 0.25) is 0 Å². The van der Waals surface area contributed by atoms with Gasteiger partial charge in [-0.1, -0.05) is 18.2 Å². The van der Waals surface area contributed by atoms with Crippen LogP contribution in [0.5, 0.6) is 0 Å². The average molecular weight is 324 g/mol. The Bertz CT molecular complexity index is 788. The fourth-order valence-electron chi connectivity index (χ4n) is 3.32. The number of aromatic nitrogens is 1. The number of likely N-dealkylation sites (tertiary alicyclic amines) is 1. The Morgan fingerprint density at radius 3 is 2.67 bits per heavy atom. The van der Waals surface area contributed by atoms with Crippen molar-refractivity contribution in [2.75, 3.05) is 6.54 Å². The van der Waals surface area contributed by atoms with E-state index in [9.17, 15) is 14.7 Å². The maximum absolute atomic E-state index is 13.0. The van der Waals surface area contributed by atoms with Crippen LogP contribution in [-0.4, -0.2) is 39.0 Å². The number of benzene rings is 1. The lowest BCUT2D eigenvalue weighted by Gasteiger charge is -2.31. The highest BCUT2D eigenvalue weighted by Crippen LogP contribution is 2.32. The molecular weight excluding hydrogens is 304 g/mol. The number of carboxylic acid groups (broad SMARTS) is 1. The molecule has 0 aliphatic carbocycles. The van der Waals surface area contributed by atoms with Gasteiger partial charge in [0.25, 0.3) is 5.91 Å². The molecule has 1 aliphatic rings. The van der Waals surface area contributed by atoms with Gasteiger partial charge in [0.1, 0.15) is 5.54 Å². The van der Waals surface area contributed by atoms with E-state index in [0.717, 1.165) is 16.8 Å². The van der Waals surface area contributed by atoms with Crippen molar-refractivity contribution < 1.29 is 14.7 Å². The third kappa shape index (κ3) is 2.56. The molecule has 0 spiro atoms. The van der Waals surface area contributed by atoms with Crippen molar-refractivity contribution in [3.05, 3.63) is 53.7 Å². The van der Waals surface area contributed by atoms with Gasteiger partial charge in [-0.15, -0.1) is 0 Å². The number of amides is 1. The van der Waals surface area contributed by atoms with Gasteiger partial charge in [0.2, 0.25) is 0 Å². The largest absolute Gasteiger partial charge is 0.480 e. The number of carbonyl (C=O) groups excluding carboxylic acids is 1. The minimum atomic E-state index is -1.13. The molecule has 1 aliphatic heterocycles. The van der Waals surface area contributed by atoms with Gasteiger partial charge in [-0.05, 0) is 50.5 Å². The highest BCUT2D eigenvalue weighted by Gasteiger charge is 2.46. The number of pyridine rings is 1. The fraction of sp³-hybridized carbons (Fsp3) is 0.316. The lowest BCUT2D eigenvalue weighted by atomic mass is 9.95. The molecule has 1 aromatic carbocycles. The van der Waals surface area contributed by atoms with E-state index in [1.807, 2.05) is 37.3 Å². The summed E-state index contributed by atoms with van der Waals surface area (Å²) in [5.41, 5.74) is 1.91. The number of rotatable bonds is 3. The lowest BCUT2D eigenvalue weighted by molar-refractivity contribution is -0.147. The van der Waals surface area contributed by atoms with Gasteiger partial charge in [-0.2, -0.15) is 0 Å². The molecule has 0 radical (unpaired) electrons. The third-order valence-electron chi connectivity index (χ3n) is 4.85. The van der Waals surface area contributed by atoms with E-state index in [0.29, 0.717) is 24.9 Å². The molecule has 124 valence electrons. The molecule has 0 bridgehead atoms. The number of aliphatic carboxylic acids is 1. The van der Waals surface area contributed by atoms with Crippen molar-refractivity contribution in [3.8, 4) is 11.3 Å². The quantitative estimate of drug-likeness (QED) is 0.941. The van der Waals surface area contributed by atoms with Crippen LogP contribution in [0.1, 0.15) is 35.7 Å². The second kappa shape index (κ2) is 6.07. The van der Waals surface area contributed by atoms with E-state index in [1.165, 1.54) is 4.90 Å². The molecule has 1 saturated heterocycles. The molecule has 1 unspecified atom stereocenters. The van der Waals surface area contributed by atoms with Crippen LogP contribution in [0.4, 0.5) is 0 Å². The first-order valence-corrected chi connectivity index (χ1v) is 8.01. The van der Waals surface area contributed by atoms with Crippen LogP contribution >= 0.6 is 0 Å². The lowest BCUT2D eigenvalue weighted by Crippen LogP contribution is -2.50. The highest BCUT2D eigenvalue weighted by atomic mass is 16.4. The summed E-state index contributed by atoms with van der Waals surface area (Å²) in [5, 5.41) is 9.54. The highest BCUT2D eigenvalue weighted by molar-refractivity contribution is 6.00. The minimum absolute atomic E-state index is 0.229. The standard InChI is InChI=1S/C19H20N2O3/c1-13-14(16-9-3-4-11-20-16)7-5-8-15(13)17(22)21-12-6-10-19(21,2)18(23)24/h3-5,7-9,11H,6,10,12H2,1-2H3,(H,23,24). The van der Waals surface area contributed by atoms with Gasteiger partial charge >= 0.3 is 5.97 Å². The summed E-state index contributed by atoms with van der Waals surface area (Å²) in [6.45, 7) is 3.97. The summed E-state index contributed by atoms with van der Waals surface area (Å²) in [7, 11) is 0. The van der Waals surface area contributed by atoms with Crippen molar-refractivity contribution in [3.63, 3.8) is 0 Å². The molecule has 5 heteroatoms. The molecular formula is C19H20N2O3. The van der Waals surface area contributed by atoms with Crippen LogP contribution in [0.25, 0.3) is 11.3 Å². The summed E-state index contributed by atoms with van der Waals surface area (Å²) in [6.07, 6.45) is 2.89. The van der Waals surface area contributed by atoms with E-state index in [-0.39, 0.29) is 5.91 Å². The van der Waals surface area contributed by atoms with E-state index in [1.54, 1.807) is 19.2 Å². The van der Waals surface area contributed by atoms with Crippen molar-refractivity contribution in [1.82, 2.24) is 9.88 Å². The average Bonchev–Trinajstić information content (AvgIpc) is 2.98. The zero-order chi connectivity index (χ0) is 17.3. The molecule has 24 heavy (non-hydrogen) atoms. The van der Waals surface area contributed by atoms with Crippen molar-refractivity contribution in [2.45, 2.75) is 32.2 Å². The summed E-state index contributed by atoms with van der Waals surface area (Å²) in [4.78, 5) is 30.5.